The Morgan fingerprint density at radius 1 is 0.833 bits per heavy atom. The quantitative estimate of drug-likeness (QED) is 0.472. The van der Waals surface area contributed by atoms with Crippen LogP contribution in [-0.4, -0.2) is 22.8 Å². The smallest absolute Gasteiger partial charge is 0.255 e. The average Bonchev–Trinajstić information content (AvgIpc) is 2.74. The molecule has 30 heavy (non-hydrogen) atoms. The van der Waals surface area contributed by atoms with E-state index in [0.717, 1.165) is 5.56 Å². The van der Waals surface area contributed by atoms with Crippen molar-refractivity contribution in [3.8, 4) is 5.75 Å². The molecule has 0 radical (unpaired) electrons. The van der Waals surface area contributed by atoms with E-state index in [-0.39, 0.29) is 22.9 Å². The molecule has 0 bridgehead atoms. The van der Waals surface area contributed by atoms with Gasteiger partial charge in [-0.3, -0.25) is 14.4 Å². The molecule has 7 heteroatoms. The number of rotatable bonds is 6. The second-order valence-corrected chi connectivity index (χ2v) is 6.61. The van der Waals surface area contributed by atoms with E-state index in [4.69, 9.17) is 0 Å². The maximum atomic E-state index is 12.6. The molecule has 0 unspecified atom stereocenters. The van der Waals surface area contributed by atoms with Gasteiger partial charge in [-0.05, 0) is 48.0 Å². The monoisotopic (exact) mass is 403 g/mol. The Morgan fingerprint density at radius 3 is 2.20 bits per heavy atom. The zero-order valence-electron chi connectivity index (χ0n) is 16.3. The second kappa shape index (κ2) is 9.38. The van der Waals surface area contributed by atoms with Gasteiger partial charge in [-0.25, -0.2) is 0 Å². The van der Waals surface area contributed by atoms with Crippen LogP contribution in [0.15, 0.2) is 72.8 Å². The number of hydrogen-bond donors (Lipinski definition) is 4. The molecule has 3 amide bonds. The fourth-order valence-corrected chi connectivity index (χ4v) is 2.81. The number of hydrogen-bond acceptors (Lipinski definition) is 4. The van der Waals surface area contributed by atoms with E-state index in [9.17, 15) is 19.5 Å². The summed E-state index contributed by atoms with van der Waals surface area (Å²) in [5.74, 6) is -1.14. The van der Waals surface area contributed by atoms with E-state index < -0.39 is 11.8 Å². The third-order valence-electron chi connectivity index (χ3n) is 4.26. The van der Waals surface area contributed by atoms with Gasteiger partial charge in [-0.2, -0.15) is 0 Å². The lowest BCUT2D eigenvalue weighted by atomic mass is 10.1. The van der Waals surface area contributed by atoms with Crippen LogP contribution in [0.5, 0.6) is 5.75 Å². The number of carbonyl (C=O) groups excluding carboxylic acids is 3. The van der Waals surface area contributed by atoms with Crippen LogP contribution in [0.3, 0.4) is 0 Å². The largest absolute Gasteiger partial charge is 0.508 e. The van der Waals surface area contributed by atoms with Gasteiger partial charge in [0.2, 0.25) is 5.91 Å². The van der Waals surface area contributed by atoms with Crippen LogP contribution in [0.4, 0.5) is 11.4 Å². The molecule has 3 rings (SSSR count). The van der Waals surface area contributed by atoms with Crippen LogP contribution in [-0.2, 0) is 11.3 Å². The molecule has 0 spiro atoms. The first-order valence-electron chi connectivity index (χ1n) is 9.26. The van der Waals surface area contributed by atoms with Crippen LogP contribution in [0.25, 0.3) is 0 Å². The van der Waals surface area contributed by atoms with Gasteiger partial charge in [0.05, 0.1) is 11.3 Å². The van der Waals surface area contributed by atoms with Gasteiger partial charge in [0, 0.05) is 24.7 Å². The molecular formula is C23H21N3O4. The molecule has 0 fully saturated rings. The van der Waals surface area contributed by atoms with E-state index >= 15 is 0 Å². The highest BCUT2D eigenvalue weighted by atomic mass is 16.3. The summed E-state index contributed by atoms with van der Waals surface area (Å²) in [6.45, 7) is 1.71. The number of phenolic OH excluding ortho intramolecular Hbond substituents is 1. The van der Waals surface area contributed by atoms with Crippen molar-refractivity contribution >= 4 is 29.1 Å². The predicted molar refractivity (Wildman–Crippen MR) is 114 cm³/mol. The third-order valence-corrected chi connectivity index (χ3v) is 4.26. The third kappa shape index (κ3) is 5.45. The first-order chi connectivity index (χ1) is 14.4. The summed E-state index contributed by atoms with van der Waals surface area (Å²) in [6, 6.07) is 19.9. The number of phenols is 1. The van der Waals surface area contributed by atoms with Crippen molar-refractivity contribution < 1.29 is 19.5 Å². The maximum Gasteiger partial charge on any atom is 0.255 e. The summed E-state index contributed by atoms with van der Waals surface area (Å²) >= 11 is 0. The molecule has 0 saturated carbocycles. The first-order valence-corrected chi connectivity index (χ1v) is 9.26. The highest BCUT2D eigenvalue weighted by Gasteiger charge is 2.15. The molecule has 4 N–H and O–H groups in total. The van der Waals surface area contributed by atoms with Gasteiger partial charge in [0.1, 0.15) is 5.75 Å². The maximum absolute atomic E-state index is 12.6. The Hall–Kier alpha value is -4.13. The number of aromatic hydroxyl groups is 1. The number of carbonyl (C=O) groups is 3. The summed E-state index contributed by atoms with van der Waals surface area (Å²) in [4.78, 5) is 36.3. The topological polar surface area (TPSA) is 108 Å². The standard InChI is InChI=1S/C23H21N3O4/c1-15(27)25-18-9-7-17(8-10-18)22(29)26-21-12-11-19(28)13-20(21)23(30)24-14-16-5-3-2-4-6-16/h2-13,28H,14H2,1H3,(H,24,30)(H,25,27)(H,26,29). The molecule has 0 aliphatic carbocycles. The number of nitrogens with one attached hydrogen (secondary N) is 3. The molecule has 3 aromatic carbocycles. The van der Waals surface area contributed by atoms with E-state index in [0.29, 0.717) is 17.8 Å². The Balaban J connectivity index is 1.73. The minimum absolute atomic E-state index is 0.0856. The highest BCUT2D eigenvalue weighted by Crippen LogP contribution is 2.22. The van der Waals surface area contributed by atoms with Crippen LogP contribution in [0, 0.1) is 0 Å². The van der Waals surface area contributed by atoms with Crippen LogP contribution in [0.2, 0.25) is 0 Å². The molecular weight excluding hydrogens is 382 g/mol. The Morgan fingerprint density at radius 2 is 1.53 bits per heavy atom. The summed E-state index contributed by atoms with van der Waals surface area (Å²) in [5, 5.41) is 17.9. The lowest BCUT2D eigenvalue weighted by molar-refractivity contribution is -0.114. The number of amides is 3. The lowest BCUT2D eigenvalue weighted by Gasteiger charge is -2.12. The molecule has 152 valence electrons. The predicted octanol–water partition coefficient (Wildman–Crippen LogP) is 3.53. The van der Waals surface area contributed by atoms with Gasteiger partial charge >= 0.3 is 0 Å². The first kappa shape index (κ1) is 20.6. The van der Waals surface area contributed by atoms with E-state index in [1.54, 1.807) is 24.3 Å². The van der Waals surface area contributed by atoms with Gasteiger partial charge in [0.15, 0.2) is 0 Å². The average molecular weight is 403 g/mol. The Labute approximate surface area is 173 Å². The van der Waals surface area contributed by atoms with E-state index in [1.807, 2.05) is 30.3 Å². The van der Waals surface area contributed by atoms with Crippen LogP contribution < -0.4 is 16.0 Å². The van der Waals surface area contributed by atoms with Crippen molar-refractivity contribution in [1.29, 1.82) is 0 Å². The fraction of sp³-hybridized carbons (Fsp3) is 0.0870. The fourth-order valence-electron chi connectivity index (χ4n) is 2.81. The van der Waals surface area contributed by atoms with Gasteiger partial charge < -0.3 is 21.1 Å². The number of benzene rings is 3. The minimum Gasteiger partial charge on any atom is -0.508 e. The second-order valence-electron chi connectivity index (χ2n) is 6.61. The van der Waals surface area contributed by atoms with Crippen molar-refractivity contribution in [1.82, 2.24) is 5.32 Å². The molecule has 3 aromatic rings. The van der Waals surface area contributed by atoms with Crippen molar-refractivity contribution in [2.45, 2.75) is 13.5 Å². The molecule has 7 nitrogen and oxygen atoms in total. The normalized spacial score (nSPS) is 10.2. The summed E-state index contributed by atoms with van der Waals surface area (Å²) in [6.07, 6.45) is 0. The molecule has 0 aliphatic heterocycles. The Bertz CT molecular complexity index is 1060. The number of anilines is 2. The minimum atomic E-state index is -0.425. The van der Waals surface area contributed by atoms with Crippen molar-refractivity contribution in [2.24, 2.45) is 0 Å². The lowest BCUT2D eigenvalue weighted by Crippen LogP contribution is -2.25. The van der Waals surface area contributed by atoms with Crippen molar-refractivity contribution in [2.75, 3.05) is 10.6 Å². The van der Waals surface area contributed by atoms with Crippen LogP contribution >= 0.6 is 0 Å². The van der Waals surface area contributed by atoms with Gasteiger partial charge in [-0.15, -0.1) is 0 Å². The molecule has 0 aromatic heterocycles. The molecule has 0 heterocycles. The Kier molecular flexibility index (Phi) is 6.44. The summed E-state index contributed by atoms with van der Waals surface area (Å²) in [5.41, 5.74) is 2.27. The van der Waals surface area contributed by atoms with Crippen molar-refractivity contribution in [3.63, 3.8) is 0 Å². The van der Waals surface area contributed by atoms with Crippen LogP contribution in [0.1, 0.15) is 33.2 Å². The summed E-state index contributed by atoms with van der Waals surface area (Å²) in [7, 11) is 0. The SMILES string of the molecule is CC(=O)Nc1ccc(C(=O)Nc2ccc(O)cc2C(=O)NCc2ccccc2)cc1. The zero-order chi connectivity index (χ0) is 21.5. The molecule has 0 saturated heterocycles. The van der Waals surface area contributed by atoms with E-state index in [2.05, 4.69) is 16.0 Å². The summed E-state index contributed by atoms with van der Waals surface area (Å²) < 4.78 is 0. The highest BCUT2D eigenvalue weighted by molar-refractivity contribution is 6.09. The van der Waals surface area contributed by atoms with Crippen molar-refractivity contribution in [3.05, 3.63) is 89.5 Å². The molecule has 0 aliphatic rings. The van der Waals surface area contributed by atoms with Gasteiger partial charge in [0.25, 0.3) is 11.8 Å². The zero-order valence-corrected chi connectivity index (χ0v) is 16.3. The van der Waals surface area contributed by atoms with Gasteiger partial charge in [-0.1, -0.05) is 30.3 Å². The molecule has 0 atom stereocenters. The van der Waals surface area contributed by atoms with E-state index in [1.165, 1.54) is 25.1 Å².